The Labute approximate surface area is 229 Å². The SMILES string of the molecule is CS(=O)(=O)OCC(NS(=O)(=O)c1ccccc1[N+](=O)[O-])C(COS(C)(=O)=O)NS(=O)(=O)c1ccccc1[N+](=O)[O-]. The second-order valence-corrected chi connectivity index (χ2v) is 14.5. The molecule has 0 aromatic heterocycles. The average Bonchev–Trinajstić information content (AvgIpc) is 2.83. The van der Waals surface area contributed by atoms with E-state index in [1.165, 1.54) is 0 Å². The third kappa shape index (κ3) is 9.51. The molecule has 2 rings (SSSR count). The van der Waals surface area contributed by atoms with Crippen LogP contribution in [0, 0.1) is 20.2 Å². The predicted octanol–water partition coefficient (Wildman–Crippen LogP) is -0.551. The smallest absolute Gasteiger partial charge is 0.269 e. The van der Waals surface area contributed by atoms with E-state index in [1.807, 2.05) is 9.44 Å². The molecular weight excluding hydrogens is 624 g/mol. The Hall–Kier alpha value is -3.12. The Balaban J connectivity index is 2.65. The number of nitrogens with one attached hydrogen (secondary N) is 2. The maximum atomic E-state index is 13.1. The minimum absolute atomic E-state index is 0.570. The first kappa shape index (κ1) is 33.1. The Morgan fingerprint density at radius 3 is 1.23 bits per heavy atom. The van der Waals surface area contributed by atoms with Crippen LogP contribution in [0.5, 0.6) is 0 Å². The number of rotatable bonds is 15. The Bertz CT molecular complexity index is 1580. The molecule has 222 valence electrons. The van der Waals surface area contributed by atoms with Crippen molar-refractivity contribution in [2.24, 2.45) is 0 Å². The van der Waals surface area contributed by atoms with Gasteiger partial charge in [-0.05, 0) is 12.1 Å². The highest BCUT2D eigenvalue weighted by Crippen LogP contribution is 2.25. The highest BCUT2D eigenvalue weighted by Gasteiger charge is 2.37. The van der Waals surface area contributed by atoms with Crippen molar-refractivity contribution in [3.05, 3.63) is 68.8 Å². The van der Waals surface area contributed by atoms with Crippen LogP contribution < -0.4 is 9.44 Å². The molecule has 2 aromatic rings. The van der Waals surface area contributed by atoms with E-state index >= 15 is 0 Å². The van der Waals surface area contributed by atoms with Crippen molar-refractivity contribution in [3.8, 4) is 0 Å². The standard InChI is InChI=1S/C18H22N4O14S4/c1-37(27,28)35-11-13(19-39(31,32)17-9-5-3-7-15(17)21(23)24)14(12-36-38(2,29)30)20-40(33,34)18-10-6-4-8-16(18)22(25)26/h3-10,13-14,19-20H,11-12H2,1-2H3. The van der Waals surface area contributed by atoms with Crippen LogP contribution in [0.3, 0.4) is 0 Å². The molecule has 0 aliphatic heterocycles. The zero-order valence-electron chi connectivity index (χ0n) is 20.4. The van der Waals surface area contributed by atoms with E-state index in [9.17, 15) is 53.9 Å². The summed E-state index contributed by atoms with van der Waals surface area (Å²) in [5.74, 6) is 0. The van der Waals surface area contributed by atoms with Gasteiger partial charge in [-0.2, -0.15) is 16.8 Å². The topological polar surface area (TPSA) is 265 Å². The van der Waals surface area contributed by atoms with Crippen LogP contribution in [0.2, 0.25) is 0 Å². The zero-order chi connectivity index (χ0) is 30.5. The number of nitro groups is 2. The third-order valence-electron chi connectivity index (χ3n) is 4.73. The van der Waals surface area contributed by atoms with Crippen molar-refractivity contribution in [1.29, 1.82) is 0 Å². The molecule has 0 saturated carbocycles. The Kier molecular flexibility index (Phi) is 10.4. The van der Waals surface area contributed by atoms with Crippen molar-refractivity contribution < 1.29 is 51.9 Å². The number of nitro benzene ring substituents is 2. The van der Waals surface area contributed by atoms with Crippen molar-refractivity contribution in [1.82, 2.24) is 9.44 Å². The molecule has 0 aliphatic carbocycles. The van der Waals surface area contributed by atoms with Crippen LogP contribution in [-0.2, 0) is 48.6 Å². The van der Waals surface area contributed by atoms with Crippen molar-refractivity contribution in [2.45, 2.75) is 21.9 Å². The molecule has 0 radical (unpaired) electrons. The number of hydrogen-bond donors (Lipinski definition) is 2. The van der Waals surface area contributed by atoms with E-state index in [0.29, 0.717) is 12.5 Å². The molecule has 0 fully saturated rings. The lowest BCUT2D eigenvalue weighted by molar-refractivity contribution is -0.388. The summed E-state index contributed by atoms with van der Waals surface area (Å²) in [5, 5.41) is 22.7. The van der Waals surface area contributed by atoms with E-state index in [-0.39, 0.29) is 0 Å². The second-order valence-electron chi connectivity index (χ2n) is 7.88. The summed E-state index contributed by atoms with van der Waals surface area (Å²) in [5.41, 5.74) is -1.80. The van der Waals surface area contributed by atoms with E-state index in [4.69, 9.17) is 0 Å². The first-order valence-electron chi connectivity index (χ1n) is 10.4. The van der Waals surface area contributed by atoms with Crippen molar-refractivity contribution in [3.63, 3.8) is 0 Å². The number of hydrogen-bond acceptors (Lipinski definition) is 14. The number of sulfonamides is 2. The van der Waals surface area contributed by atoms with Crippen LogP contribution in [-0.4, -0.2) is 81.3 Å². The van der Waals surface area contributed by atoms with Gasteiger partial charge in [-0.25, -0.2) is 26.3 Å². The fourth-order valence-electron chi connectivity index (χ4n) is 3.05. The molecule has 0 amide bonds. The average molecular weight is 647 g/mol. The minimum Gasteiger partial charge on any atom is -0.269 e. The van der Waals surface area contributed by atoms with Crippen LogP contribution in [0.1, 0.15) is 0 Å². The van der Waals surface area contributed by atoms with Gasteiger partial charge < -0.3 is 0 Å². The molecule has 2 unspecified atom stereocenters. The number of benzene rings is 2. The lowest BCUT2D eigenvalue weighted by Gasteiger charge is -2.27. The molecular formula is C18H22N4O14S4. The van der Waals surface area contributed by atoms with Gasteiger partial charge in [-0.1, -0.05) is 24.3 Å². The molecule has 2 N–H and O–H groups in total. The van der Waals surface area contributed by atoms with Crippen LogP contribution >= 0.6 is 0 Å². The van der Waals surface area contributed by atoms with E-state index in [0.717, 1.165) is 48.5 Å². The first-order chi connectivity index (χ1) is 18.2. The fourth-order valence-corrected chi connectivity index (χ4v) is 6.71. The van der Waals surface area contributed by atoms with Crippen LogP contribution in [0.25, 0.3) is 0 Å². The zero-order valence-corrected chi connectivity index (χ0v) is 23.7. The molecule has 40 heavy (non-hydrogen) atoms. The monoisotopic (exact) mass is 646 g/mol. The maximum absolute atomic E-state index is 13.1. The normalized spacial score (nSPS) is 14.3. The van der Waals surface area contributed by atoms with E-state index in [1.54, 1.807) is 0 Å². The maximum Gasteiger partial charge on any atom is 0.289 e. The molecule has 0 aliphatic rings. The van der Waals surface area contributed by atoms with Gasteiger partial charge in [0.05, 0.1) is 47.7 Å². The van der Waals surface area contributed by atoms with Crippen molar-refractivity contribution >= 4 is 51.7 Å². The lowest BCUT2D eigenvalue weighted by atomic mass is 10.2. The first-order valence-corrected chi connectivity index (χ1v) is 17.0. The minimum atomic E-state index is -4.96. The summed E-state index contributed by atoms with van der Waals surface area (Å²) in [7, 11) is -18.6. The highest BCUT2D eigenvalue weighted by molar-refractivity contribution is 7.90. The highest BCUT2D eigenvalue weighted by atomic mass is 32.2. The van der Waals surface area contributed by atoms with Gasteiger partial charge in [0, 0.05) is 12.1 Å². The fraction of sp³-hybridized carbons (Fsp3) is 0.333. The predicted molar refractivity (Wildman–Crippen MR) is 136 cm³/mol. The van der Waals surface area contributed by atoms with E-state index in [2.05, 4.69) is 8.37 Å². The summed E-state index contributed by atoms with van der Waals surface area (Å²) in [4.78, 5) is 18.9. The largest absolute Gasteiger partial charge is 0.289 e. The number of para-hydroxylation sites is 2. The van der Waals surface area contributed by atoms with Gasteiger partial charge >= 0.3 is 0 Å². The van der Waals surface area contributed by atoms with Gasteiger partial charge in [0.15, 0.2) is 9.79 Å². The number of nitrogens with zero attached hydrogens (tertiary/aromatic N) is 2. The van der Waals surface area contributed by atoms with Crippen molar-refractivity contribution in [2.75, 3.05) is 25.7 Å². The molecule has 0 spiro atoms. The summed E-state index contributed by atoms with van der Waals surface area (Å²) in [6.45, 7) is -2.34. The van der Waals surface area contributed by atoms with E-state index < -0.39 is 96.6 Å². The van der Waals surface area contributed by atoms with Gasteiger partial charge in [0.25, 0.3) is 31.6 Å². The van der Waals surface area contributed by atoms with Gasteiger partial charge in [-0.3, -0.25) is 28.6 Å². The summed E-state index contributed by atoms with van der Waals surface area (Å²) in [6.07, 6.45) is 1.14. The molecule has 2 atom stereocenters. The molecule has 18 nitrogen and oxygen atoms in total. The van der Waals surface area contributed by atoms with Gasteiger partial charge in [0.2, 0.25) is 20.0 Å². The molecule has 2 aromatic carbocycles. The Morgan fingerprint density at radius 2 is 0.950 bits per heavy atom. The summed E-state index contributed by atoms with van der Waals surface area (Å²) >= 11 is 0. The molecule has 22 heteroatoms. The molecule has 0 saturated heterocycles. The van der Waals surface area contributed by atoms with Crippen LogP contribution in [0.15, 0.2) is 58.3 Å². The van der Waals surface area contributed by atoms with Gasteiger partial charge in [0.1, 0.15) is 0 Å². The lowest BCUT2D eigenvalue weighted by Crippen LogP contribution is -2.56. The van der Waals surface area contributed by atoms with Crippen LogP contribution in [0.4, 0.5) is 11.4 Å². The summed E-state index contributed by atoms with van der Waals surface area (Å²) in [6, 6.07) is 3.89. The third-order valence-corrected chi connectivity index (χ3v) is 8.93. The molecule has 0 bridgehead atoms. The summed E-state index contributed by atoms with van der Waals surface area (Å²) < 4.78 is 112. The van der Waals surface area contributed by atoms with Gasteiger partial charge in [-0.15, -0.1) is 0 Å². The second kappa shape index (κ2) is 12.6. The molecule has 0 heterocycles. The quantitative estimate of drug-likeness (QED) is 0.140. The Morgan fingerprint density at radius 1 is 0.650 bits per heavy atom.